The lowest BCUT2D eigenvalue weighted by atomic mass is 10.0. The molecule has 1 aromatic heterocycles. The van der Waals surface area contributed by atoms with Gasteiger partial charge in [-0.3, -0.25) is 9.78 Å². The standard InChI is InChI=1S/C25H25F4N3O2/c1-30-24(33)23(18-8-4-3-5-9-18)32(19-11-12-20(26)21(15-19)34-2)14-6-7-17-10-13-22(31-16-17)25(27,28)29/h3-5,8-13,15-16,23H,6-7,14H2,1-2H3,(H,30,33)/t23-/m0/s1. The highest BCUT2D eigenvalue weighted by molar-refractivity contribution is 5.86. The molecule has 0 radical (unpaired) electrons. The topological polar surface area (TPSA) is 54.5 Å². The van der Waals surface area contributed by atoms with Gasteiger partial charge in [-0.25, -0.2) is 4.39 Å². The lowest BCUT2D eigenvalue weighted by Gasteiger charge is -2.33. The number of aryl methyl sites for hydroxylation is 1. The Hall–Kier alpha value is -3.62. The highest BCUT2D eigenvalue weighted by atomic mass is 19.4. The minimum Gasteiger partial charge on any atom is -0.494 e. The monoisotopic (exact) mass is 475 g/mol. The van der Waals surface area contributed by atoms with E-state index in [1.165, 1.54) is 38.6 Å². The summed E-state index contributed by atoms with van der Waals surface area (Å²) in [5.41, 5.74) is 1.00. The lowest BCUT2D eigenvalue weighted by Crippen LogP contribution is -2.40. The number of amides is 1. The van der Waals surface area contributed by atoms with E-state index in [-0.39, 0.29) is 11.7 Å². The molecule has 0 saturated heterocycles. The third-order valence-electron chi connectivity index (χ3n) is 5.37. The zero-order chi connectivity index (χ0) is 24.7. The molecule has 1 N–H and O–H groups in total. The van der Waals surface area contributed by atoms with E-state index in [0.29, 0.717) is 30.6 Å². The van der Waals surface area contributed by atoms with Gasteiger partial charge < -0.3 is 15.0 Å². The zero-order valence-electron chi connectivity index (χ0n) is 18.8. The van der Waals surface area contributed by atoms with Crippen molar-refractivity contribution < 1.29 is 27.1 Å². The van der Waals surface area contributed by atoms with Crippen molar-refractivity contribution in [1.82, 2.24) is 10.3 Å². The number of methoxy groups -OCH3 is 1. The molecule has 5 nitrogen and oxygen atoms in total. The van der Waals surface area contributed by atoms with Gasteiger partial charge in [0.2, 0.25) is 5.91 Å². The molecule has 0 saturated carbocycles. The van der Waals surface area contributed by atoms with E-state index in [2.05, 4.69) is 10.3 Å². The molecular weight excluding hydrogens is 450 g/mol. The second-order valence-corrected chi connectivity index (χ2v) is 7.59. The van der Waals surface area contributed by atoms with Crippen LogP contribution in [0.25, 0.3) is 0 Å². The highest BCUT2D eigenvalue weighted by Crippen LogP contribution is 2.32. The average molecular weight is 475 g/mol. The minimum absolute atomic E-state index is 0.0400. The van der Waals surface area contributed by atoms with Crippen molar-refractivity contribution in [2.45, 2.75) is 25.1 Å². The number of likely N-dealkylation sites (N-methyl/N-ethyl adjacent to an activating group) is 1. The maximum Gasteiger partial charge on any atom is 0.433 e. The molecule has 3 rings (SSSR count). The molecule has 0 aliphatic carbocycles. The highest BCUT2D eigenvalue weighted by Gasteiger charge is 2.32. The normalized spacial score (nSPS) is 12.2. The number of carbonyl (C=O) groups is 1. The van der Waals surface area contributed by atoms with Gasteiger partial charge in [0.15, 0.2) is 11.6 Å². The average Bonchev–Trinajstić information content (AvgIpc) is 2.84. The Labute approximate surface area is 195 Å². The van der Waals surface area contributed by atoms with Crippen molar-refractivity contribution in [3.63, 3.8) is 0 Å². The predicted molar refractivity (Wildman–Crippen MR) is 121 cm³/mol. The largest absolute Gasteiger partial charge is 0.494 e. The van der Waals surface area contributed by atoms with E-state index < -0.39 is 23.7 Å². The number of hydrogen-bond acceptors (Lipinski definition) is 4. The van der Waals surface area contributed by atoms with Crippen LogP contribution < -0.4 is 15.0 Å². The number of ether oxygens (including phenoxy) is 1. The van der Waals surface area contributed by atoms with Gasteiger partial charge in [0.1, 0.15) is 11.7 Å². The zero-order valence-corrected chi connectivity index (χ0v) is 18.8. The van der Waals surface area contributed by atoms with Crippen LogP contribution in [0.15, 0.2) is 66.9 Å². The number of nitrogens with one attached hydrogen (secondary N) is 1. The van der Waals surface area contributed by atoms with Gasteiger partial charge in [-0.2, -0.15) is 13.2 Å². The summed E-state index contributed by atoms with van der Waals surface area (Å²) in [7, 11) is 2.90. The molecule has 0 aliphatic heterocycles. The van der Waals surface area contributed by atoms with Crippen molar-refractivity contribution in [2.24, 2.45) is 0 Å². The van der Waals surface area contributed by atoms with Gasteiger partial charge in [-0.05, 0) is 42.2 Å². The smallest absolute Gasteiger partial charge is 0.433 e. The van der Waals surface area contributed by atoms with Crippen molar-refractivity contribution in [2.75, 3.05) is 25.6 Å². The van der Waals surface area contributed by atoms with Gasteiger partial charge >= 0.3 is 6.18 Å². The first-order valence-corrected chi connectivity index (χ1v) is 10.6. The number of carbonyl (C=O) groups excluding carboxylic acids is 1. The molecule has 0 bridgehead atoms. The Kier molecular flexibility index (Phi) is 8.09. The maximum atomic E-state index is 14.1. The number of halogens is 4. The molecule has 180 valence electrons. The molecule has 1 amide bonds. The first kappa shape index (κ1) is 25.0. The summed E-state index contributed by atoms with van der Waals surface area (Å²) in [5, 5.41) is 2.68. The number of nitrogens with zero attached hydrogens (tertiary/aromatic N) is 2. The molecule has 0 fully saturated rings. The quantitative estimate of drug-likeness (QED) is 0.434. The van der Waals surface area contributed by atoms with Crippen molar-refractivity contribution >= 4 is 11.6 Å². The summed E-state index contributed by atoms with van der Waals surface area (Å²) in [6, 6.07) is 15.1. The fourth-order valence-electron chi connectivity index (χ4n) is 3.67. The summed E-state index contributed by atoms with van der Waals surface area (Å²) in [4.78, 5) is 18.3. The molecule has 1 atom stereocenters. The Bertz CT molecular complexity index is 1090. The summed E-state index contributed by atoms with van der Waals surface area (Å²) in [6.07, 6.45) is -2.34. The number of hydrogen-bond donors (Lipinski definition) is 1. The number of aromatic nitrogens is 1. The number of benzene rings is 2. The van der Waals surface area contributed by atoms with Crippen LogP contribution in [0, 0.1) is 5.82 Å². The van der Waals surface area contributed by atoms with Crippen LogP contribution in [0.2, 0.25) is 0 Å². The van der Waals surface area contributed by atoms with E-state index in [9.17, 15) is 22.4 Å². The Morgan fingerprint density at radius 1 is 1.12 bits per heavy atom. The van der Waals surface area contributed by atoms with Crippen LogP contribution in [-0.4, -0.2) is 31.6 Å². The molecule has 9 heteroatoms. The summed E-state index contributed by atoms with van der Waals surface area (Å²) in [6.45, 7) is 0.364. The lowest BCUT2D eigenvalue weighted by molar-refractivity contribution is -0.141. The summed E-state index contributed by atoms with van der Waals surface area (Å²) < 4.78 is 57.5. The van der Waals surface area contributed by atoms with Gasteiger partial charge in [0, 0.05) is 31.5 Å². The SMILES string of the molecule is CNC(=O)[C@H](c1ccccc1)N(CCCc1ccc(C(F)(F)F)nc1)c1ccc(F)c(OC)c1. The van der Waals surface area contributed by atoms with E-state index in [4.69, 9.17) is 4.74 Å². The molecule has 0 spiro atoms. The number of pyridine rings is 1. The number of anilines is 1. The molecule has 2 aromatic carbocycles. The van der Waals surface area contributed by atoms with Crippen LogP contribution in [0.4, 0.5) is 23.2 Å². The van der Waals surface area contributed by atoms with Gasteiger partial charge in [0.25, 0.3) is 0 Å². The van der Waals surface area contributed by atoms with Crippen LogP contribution in [0.3, 0.4) is 0 Å². The van der Waals surface area contributed by atoms with Crippen molar-refractivity contribution in [1.29, 1.82) is 0 Å². The number of alkyl halides is 3. The van der Waals surface area contributed by atoms with E-state index in [1.807, 2.05) is 35.2 Å². The molecule has 0 unspecified atom stereocenters. The molecule has 0 aliphatic rings. The predicted octanol–water partition coefficient (Wildman–Crippen LogP) is 5.17. The Morgan fingerprint density at radius 2 is 1.85 bits per heavy atom. The molecule has 1 heterocycles. The number of rotatable bonds is 9. The van der Waals surface area contributed by atoms with E-state index >= 15 is 0 Å². The second-order valence-electron chi connectivity index (χ2n) is 7.59. The molecule has 3 aromatic rings. The van der Waals surface area contributed by atoms with Gasteiger partial charge in [-0.1, -0.05) is 36.4 Å². The van der Waals surface area contributed by atoms with Gasteiger partial charge in [0.05, 0.1) is 7.11 Å². The van der Waals surface area contributed by atoms with E-state index in [1.54, 1.807) is 6.07 Å². The maximum absolute atomic E-state index is 14.1. The van der Waals surface area contributed by atoms with Crippen LogP contribution in [0.5, 0.6) is 5.75 Å². The summed E-state index contributed by atoms with van der Waals surface area (Å²) >= 11 is 0. The third-order valence-corrected chi connectivity index (χ3v) is 5.37. The van der Waals surface area contributed by atoms with Crippen molar-refractivity contribution in [3.05, 3.63) is 89.5 Å². The Morgan fingerprint density at radius 3 is 2.44 bits per heavy atom. The van der Waals surface area contributed by atoms with Crippen LogP contribution >= 0.6 is 0 Å². The van der Waals surface area contributed by atoms with Crippen LogP contribution in [0.1, 0.15) is 29.3 Å². The van der Waals surface area contributed by atoms with E-state index in [0.717, 1.165) is 11.6 Å². The summed E-state index contributed by atoms with van der Waals surface area (Å²) in [5.74, 6) is -0.748. The Balaban J connectivity index is 1.89. The molecule has 34 heavy (non-hydrogen) atoms. The van der Waals surface area contributed by atoms with Crippen molar-refractivity contribution in [3.8, 4) is 5.75 Å². The third kappa shape index (κ3) is 6.03. The first-order valence-electron chi connectivity index (χ1n) is 10.6. The fraction of sp³-hybridized carbons (Fsp3) is 0.280. The van der Waals surface area contributed by atoms with Crippen LogP contribution in [-0.2, 0) is 17.4 Å². The first-order chi connectivity index (χ1) is 16.2. The minimum atomic E-state index is -4.49. The van der Waals surface area contributed by atoms with Gasteiger partial charge in [-0.15, -0.1) is 0 Å². The second kappa shape index (κ2) is 11.0. The molecular formula is C25H25F4N3O2. The fourth-order valence-corrected chi connectivity index (χ4v) is 3.67.